The molecule has 0 aromatic heterocycles. The number of rotatable bonds is 16. The number of thioether (sulfide) groups is 3. The van der Waals surface area contributed by atoms with Crippen LogP contribution in [0.3, 0.4) is 0 Å². The van der Waals surface area contributed by atoms with Crippen LogP contribution >= 0.6 is 46.9 Å². The van der Waals surface area contributed by atoms with E-state index in [1.165, 1.54) is 11.8 Å². The quantitative estimate of drug-likeness (QED) is 0.140. The highest BCUT2D eigenvalue weighted by atomic mass is 35.5. The third-order valence-electron chi connectivity index (χ3n) is 4.60. The van der Waals surface area contributed by atoms with E-state index >= 15 is 0 Å². The third-order valence-corrected chi connectivity index (χ3v) is 8.04. The monoisotopic (exact) mass is 555 g/mol. The molecule has 0 aliphatic carbocycles. The van der Waals surface area contributed by atoms with E-state index in [0.717, 1.165) is 22.4 Å². The number of benzene rings is 2. The number of hydrogen-bond donors (Lipinski definition) is 1. The van der Waals surface area contributed by atoms with E-state index in [0.29, 0.717) is 30.2 Å². The van der Waals surface area contributed by atoms with E-state index in [1.807, 2.05) is 42.7 Å². The van der Waals surface area contributed by atoms with Crippen molar-refractivity contribution in [3.8, 4) is 0 Å². The highest BCUT2D eigenvalue weighted by Crippen LogP contribution is 2.22. The van der Waals surface area contributed by atoms with E-state index in [4.69, 9.17) is 21.1 Å². The molecule has 2 aromatic rings. The van der Waals surface area contributed by atoms with Crippen LogP contribution in [0.4, 0.5) is 0 Å². The molecule has 1 N–H and O–H groups in total. The lowest BCUT2D eigenvalue weighted by molar-refractivity contribution is -0.148. The Morgan fingerprint density at radius 2 is 1.66 bits per heavy atom. The molecule has 0 aliphatic heterocycles. The van der Waals surface area contributed by atoms with E-state index in [2.05, 4.69) is 5.32 Å². The van der Waals surface area contributed by atoms with Crippen LogP contribution in [0.5, 0.6) is 0 Å². The SMILES string of the molecule is CSCSC[C@H](NC(=O)C(Cc1ccccc1)SC(=O)c1ccccc1)C(=O)OCCOCCCl. The van der Waals surface area contributed by atoms with Gasteiger partial charge in [0.25, 0.3) is 0 Å². The van der Waals surface area contributed by atoms with Gasteiger partial charge >= 0.3 is 5.97 Å². The summed E-state index contributed by atoms with van der Waals surface area (Å²) in [7, 11) is 0. The molecule has 2 aromatic carbocycles. The fraction of sp³-hybridized carbons (Fsp3) is 0.400. The number of amides is 1. The first-order valence-electron chi connectivity index (χ1n) is 11.0. The molecule has 0 saturated heterocycles. The maximum Gasteiger partial charge on any atom is 0.329 e. The molecule has 10 heteroatoms. The lowest BCUT2D eigenvalue weighted by Crippen LogP contribution is -2.47. The van der Waals surface area contributed by atoms with Crippen LogP contribution in [-0.4, -0.2) is 71.1 Å². The Kier molecular flexibility index (Phi) is 15.0. The molecule has 6 nitrogen and oxygen atoms in total. The molecule has 0 aliphatic rings. The van der Waals surface area contributed by atoms with Crippen LogP contribution in [0.15, 0.2) is 60.7 Å². The summed E-state index contributed by atoms with van der Waals surface area (Å²) in [5.74, 6) is -0.184. The highest BCUT2D eigenvalue weighted by molar-refractivity contribution is 8.15. The Morgan fingerprint density at radius 1 is 0.971 bits per heavy atom. The normalized spacial score (nSPS) is 12.5. The minimum atomic E-state index is -0.835. The number of hydrogen-bond acceptors (Lipinski definition) is 8. The van der Waals surface area contributed by atoms with Gasteiger partial charge in [-0.15, -0.1) is 23.4 Å². The Morgan fingerprint density at radius 3 is 2.31 bits per heavy atom. The van der Waals surface area contributed by atoms with Gasteiger partial charge in [0.1, 0.15) is 12.6 Å². The van der Waals surface area contributed by atoms with E-state index in [9.17, 15) is 14.4 Å². The molecule has 0 fully saturated rings. The summed E-state index contributed by atoms with van der Waals surface area (Å²) in [6.45, 7) is 0.676. The van der Waals surface area contributed by atoms with Crippen LogP contribution in [-0.2, 0) is 25.5 Å². The predicted molar refractivity (Wildman–Crippen MR) is 148 cm³/mol. The first-order valence-corrected chi connectivity index (χ1v) is 15.0. The molecule has 1 amide bonds. The highest BCUT2D eigenvalue weighted by Gasteiger charge is 2.29. The summed E-state index contributed by atoms with van der Waals surface area (Å²) >= 11 is 9.70. The van der Waals surface area contributed by atoms with Gasteiger partial charge in [0.15, 0.2) is 0 Å². The van der Waals surface area contributed by atoms with Gasteiger partial charge in [0, 0.05) is 22.3 Å². The number of ether oxygens (including phenoxy) is 2. The molecule has 190 valence electrons. The zero-order valence-electron chi connectivity index (χ0n) is 19.5. The van der Waals surface area contributed by atoms with E-state index < -0.39 is 17.3 Å². The maximum absolute atomic E-state index is 13.3. The number of nitrogens with one attached hydrogen (secondary N) is 1. The van der Waals surface area contributed by atoms with Crippen molar-refractivity contribution in [3.63, 3.8) is 0 Å². The average molecular weight is 556 g/mol. The Bertz CT molecular complexity index is 904. The van der Waals surface area contributed by atoms with Crippen LogP contribution in [0.1, 0.15) is 15.9 Å². The van der Waals surface area contributed by atoms with E-state index in [-0.39, 0.29) is 24.2 Å². The summed E-state index contributed by atoms with van der Waals surface area (Å²) in [4.78, 5) is 38.9. The maximum atomic E-state index is 13.3. The van der Waals surface area contributed by atoms with Crippen molar-refractivity contribution in [2.24, 2.45) is 0 Å². The molecule has 35 heavy (non-hydrogen) atoms. The van der Waals surface area contributed by atoms with Gasteiger partial charge in [-0.3, -0.25) is 9.59 Å². The van der Waals surface area contributed by atoms with Crippen molar-refractivity contribution in [1.82, 2.24) is 5.32 Å². The largest absolute Gasteiger partial charge is 0.462 e. The van der Waals surface area contributed by atoms with Gasteiger partial charge < -0.3 is 14.8 Å². The van der Waals surface area contributed by atoms with Gasteiger partial charge in [-0.1, -0.05) is 72.4 Å². The topological polar surface area (TPSA) is 81.7 Å². The zero-order chi connectivity index (χ0) is 25.3. The standard InChI is InChI=1S/C25H30ClNO5S3/c1-33-18-34-17-21(24(29)32-15-14-31-13-12-26)27-23(28)22(16-19-8-4-2-5-9-19)35-25(30)20-10-6-3-7-11-20/h2-11,21-22H,12-18H2,1H3,(H,27,28)/t21-,22?/m0/s1. The Balaban J connectivity index is 2.10. The molecule has 0 bridgehead atoms. The summed E-state index contributed by atoms with van der Waals surface area (Å²) in [5, 5.41) is 2.69. The fourth-order valence-electron chi connectivity index (χ4n) is 2.93. The molecule has 0 spiro atoms. The third kappa shape index (κ3) is 11.8. The van der Waals surface area contributed by atoms with Crippen LogP contribution < -0.4 is 5.32 Å². The second-order valence-electron chi connectivity index (χ2n) is 7.26. The van der Waals surface area contributed by atoms with Crippen molar-refractivity contribution >= 4 is 63.9 Å². The molecular weight excluding hydrogens is 526 g/mol. The number of carbonyl (C=O) groups is 3. The number of esters is 1. The second-order valence-corrected chi connectivity index (χ2v) is 11.1. The molecule has 2 atom stereocenters. The first kappa shape index (κ1) is 29.6. The molecule has 0 heterocycles. The van der Waals surface area contributed by atoms with Crippen LogP contribution in [0, 0.1) is 0 Å². The zero-order valence-corrected chi connectivity index (χ0v) is 22.7. The van der Waals surface area contributed by atoms with Crippen LogP contribution in [0.2, 0.25) is 0 Å². The minimum Gasteiger partial charge on any atom is -0.462 e. The van der Waals surface area contributed by atoms with Gasteiger partial charge in [-0.25, -0.2) is 4.79 Å². The van der Waals surface area contributed by atoms with E-state index in [1.54, 1.807) is 36.0 Å². The molecule has 2 rings (SSSR count). The second kappa shape index (κ2) is 17.7. The fourth-order valence-corrected chi connectivity index (χ4v) is 5.53. The summed E-state index contributed by atoms with van der Waals surface area (Å²) in [6.07, 6.45) is 2.32. The van der Waals surface area contributed by atoms with Crippen molar-refractivity contribution in [3.05, 3.63) is 71.8 Å². The van der Waals surface area contributed by atoms with Crippen molar-refractivity contribution in [2.75, 3.05) is 42.8 Å². The Hall–Kier alpha value is -1.65. The van der Waals surface area contributed by atoms with Crippen molar-refractivity contribution < 1.29 is 23.9 Å². The van der Waals surface area contributed by atoms with Crippen molar-refractivity contribution in [1.29, 1.82) is 0 Å². The number of halogens is 1. The van der Waals surface area contributed by atoms with Crippen molar-refractivity contribution in [2.45, 2.75) is 17.7 Å². The molecule has 0 saturated carbocycles. The van der Waals surface area contributed by atoms with Gasteiger partial charge in [0.2, 0.25) is 11.0 Å². The molecular formula is C25H30ClNO5S3. The minimum absolute atomic E-state index is 0.0734. The molecule has 1 unspecified atom stereocenters. The summed E-state index contributed by atoms with van der Waals surface area (Å²) < 4.78 is 10.6. The lowest BCUT2D eigenvalue weighted by atomic mass is 10.1. The summed E-state index contributed by atoms with van der Waals surface area (Å²) in [6, 6.07) is 17.5. The number of alkyl halides is 1. The van der Waals surface area contributed by atoms with Crippen LogP contribution in [0.25, 0.3) is 0 Å². The number of carbonyl (C=O) groups excluding carboxylic acids is 3. The average Bonchev–Trinajstić information content (AvgIpc) is 2.88. The Labute approximate surface area is 224 Å². The summed E-state index contributed by atoms with van der Waals surface area (Å²) in [5.41, 5.74) is 1.44. The smallest absolute Gasteiger partial charge is 0.329 e. The van der Waals surface area contributed by atoms with Gasteiger partial charge in [-0.2, -0.15) is 11.8 Å². The predicted octanol–water partition coefficient (Wildman–Crippen LogP) is 4.51. The lowest BCUT2D eigenvalue weighted by Gasteiger charge is -2.21. The molecule has 0 radical (unpaired) electrons. The van der Waals surface area contributed by atoms with Gasteiger partial charge in [0.05, 0.1) is 18.5 Å². The first-order chi connectivity index (χ1) is 17.0. The van der Waals surface area contributed by atoms with Gasteiger partial charge in [-0.05, 0) is 18.2 Å².